The third-order valence-electron chi connectivity index (χ3n) is 9.33. The monoisotopic (exact) mass is 683 g/mol. The van der Waals surface area contributed by atoms with E-state index in [4.69, 9.17) is 4.74 Å². The van der Waals surface area contributed by atoms with E-state index >= 15 is 0 Å². The van der Waals surface area contributed by atoms with E-state index in [1.165, 1.54) is 6.92 Å². The van der Waals surface area contributed by atoms with Gasteiger partial charge in [0.1, 0.15) is 23.0 Å². The van der Waals surface area contributed by atoms with E-state index < -0.39 is 6.04 Å². The standard InChI is InChI=1S/C34H34BrN7O4/c1-18-8-22(23-13-36-29-9-19(2)39-41(29)14-23)10-24-25(20(3)43)15-40(31(18)24)16-30(44)42-26(11-34(4)12-27(34)42)33(45)38-32-21(17-46-5)6-7-28(35)37-32/h6-10,13-15,26-27H,11-12,16-17H2,1-5H3,(H,37,38,45)/t26-,27+,34-/m0/s1. The van der Waals surface area contributed by atoms with Crippen LogP contribution in [0.25, 0.3) is 27.7 Å². The van der Waals surface area contributed by atoms with Crippen LogP contribution in [0, 0.1) is 19.3 Å². The maximum atomic E-state index is 14.1. The Morgan fingerprint density at radius 3 is 2.67 bits per heavy atom. The predicted molar refractivity (Wildman–Crippen MR) is 176 cm³/mol. The van der Waals surface area contributed by atoms with Crippen molar-refractivity contribution in [2.75, 3.05) is 12.4 Å². The van der Waals surface area contributed by atoms with Gasteiger partial charge in [-0.15, -0.1) is 0 Å². The van der Waals surface area contributed by atoms with Crippen LogP contribution in [-0.2, 0) is 27.5 Å². The van der Waals surface area contributed by atoms with Gasteiger partial charge in [-0.25, -0.2) is 14.5 Å². The molecular formula is C34H34BrN7O4. The average molecular weight is 685 g/mol. The van der Waals surface area contributed by atoms with E-state index in [1.807, 2.05) is 48.9 Å². The van der Waals surface area contributed by atoms with Crippen LogP contribution in [-0.4, -0.2) is 65.8 Å². The van der Waals surface area contributed by atoms with Crippen molar-refractivity contribution in [1.29, 1.82) is 0 Å². The molecule has 2 fully saturated rings. The first-order valence-corrected chi connectivity index (χ1v) is 16.0. The van der Waals surface area contributed by atoms with Gasteiger partial charge in [-0.1, -0.05) is 13.0 Å². The van der Waals surface area contributed by atoms with Gasteiger partial charge >= 0.3 is 0 Å². The largest absolute Gasteiger partial charge is 0.380 e. The quantitative estimate of drug-likeness (QED) is 0.169. The normalized spacial score (nSPS) is 20.3. The molecular weight excluding hydrogens is 650 g/mol. The lowest BCUT2D eigenvalue weighted by Gasteiger charge is -2.27. The molecule has 1 aliphatic heterocycles. The number of nitrogens with zero attached hydrogens (tertiary/aromatic N) is 6. The molecule has 46 heavy (non-hydrogen) atoms. The molecule has 236 valence electrons. The van der Waals surface area contributed by atoms with Crippen molar-refractivity contribution >= 4 is 55.9 Å². The first-order valence-electron chi connectivity index (χ1n) is 15.2. The highest BCUT2D eigenvalue weighted by Gasteiger charge is 2.64. The molecule has 1 aliphatic carbocycles. The number of ketones is 1. The molecule has 3 atom stereocenters. The molecule has 11 nitrogen and oxygen atoms in total. The number of hydrogen-bond acceptors (Lipinski definition) is 7. The Bertz CT molecular complexity index is 2080. The Morgan fingerprint density at radius 2 is 1.91 bits per heavy atom. The van der Waals surface area contributed by atoms with Crippen molar-refractivity contribution in [3.05, 3.63) is 75.9 Å². The molecule has 0 radical (unpaired) electrons. The Hall–Kier alpha value is -4.42. The Morgan fingerprint density at radius 1 is 1.11 bits per heavy atom. The number of methoxy groups -OCH3 is 1. The van der Waals surface area contributed by atoms with Crippen molar-refractivity contribution in [3.63, 3.8) is 0 Å². The number of Topliss-reactive ketones (excluding diaryl/α,β-unsaturated/α-hetero) is 1. The van der Waals surface area contributed by atoms with Gasteiger partial charge in [0, 0.05) is 59.9 Å². The van der Waals surface area contributed by atoms with Crippen molar-refractivity contribution < 1.29 is 19.1 Å². The van der Waals surface area contributed by atoms with Gasteiger partial charge in [0.15, 0.2) is 11.4 Å². The number of piperidine rings is 1. The summed E-state index contributed by atoms with van der Waals surface area (Å²) in [6, 6.07) is 8.92. The Balaban J connectivity index is 1.20. The number of aryl methyl sites for hydroxylation is 2. The first-order chi connectivity index (χ1) is 22.0. The fraction of sp³-hybridized carbons (Fsp3) is 0.353. The maximum Gasteiger partial charge on any atom is 0.248 e. The summed E-state index contributed by atoms with van der Waals surface area (Å²) in [6.45, 7) is 7.86. The van der Waals surface area contributed by atoms with Gasteiger partial charge in [-0.05, 0) is 84.3 Å². The second-order valence-electron chi connectivity index (χ2n) is 12.8. The number of carbonyl (C=O) groups excluding carboxylic acids is 3. The molecule has 0 unspecified atom stereocenters. The number of amides is 2. The number of hydrogen-bond donors (Lipinski definition) is 1. The fourth-order valence-corrected chi connectivity index (χ4v) is 7.31. The highest BCUT2D eigenvalue weighted by molar-refractivity contribution is 9.10. The predicted octanol–water partition coefficient (Wildman–Crippen LogP) is 5.49. The summed E-state index contributed by atoms with van der Waals surface area (Å²) >= 11 is 3.38. The zero-order chi connectivity index (χ0) is 32.5. The lowest BCUT2D eigenvalue weighted by Crippen LogP contribution is -2.46. The minimum Gasteiger partial charge on any atom is -0.380 e. The fourth-order valence-electron chi connectivity index (χ4n) is 7.00. The van der Waals surface area contributed by atoms with Gasteiger partial charge in [0.25, 0.3) is 0 Å². The molecule has 1 saturated heterocycles. The number of likely N-dealkylation sites (tertiary alicyclic amines) is 1. The minimum absolute atomic E-state index is 0.00443. The number of benzene rings is 1. The topological polar surface area (TPSA) is 124 Å². The van der Waals surface area contributed by atoms with Gasteiger partial charge in [-0.2, -0.15) is 5.10 Å². The summed E-state index contributed by atoms with van der Waals surface area (Å²) in [4.78, 5) is 51.4. The van der Waals surface area contributed by atoms with Crippen molar-refractivity contribution in [2.45, 2.75) is 65.8 Å². The molecule has 7 rings (SSSR count). The summed E-state index contributed by atoms with van der Waals surface area (Å²) in [5.41, 5.74) is 6.31. The van der Waals surface area contributed by atoms with Gasteiger partial charge in [0.05, 0.1) is 17.8 Å². The second kappa shape index (κ2) is 11.1. The van der Waals surface area contributed by atoms with Crippen LogP contribution in [0.1, 0.15) is 53.9 Å². The number of carbonyl (C=O) groups is 3. The number of aromatic nitrogens is 5. The zero-order valence-electron chi connectivity index (χ0n) is 26.3. The maximum absolute atomic E-state index is 14.1. The van der Waals surface area contributed by atoms with E-state index in [1.54, 1.807) is 35.0 Å². The summed E-state index contributed by atoms with van der Waals surface area (Å²) < 4.78 is 9.48. The molecule has 1 aromatic carbocycles. The van der Waals surface area contributed by atoms with Crippen LogP contribution in [0.4, 0.5) is 5.82 Å². The molecule has 4 aromatic heterocycles. The average Bonchev–Trinajstić information content (AvgIpc) is 3.27. The number of rotatable bonds is 8. The smallest absolute Gasteiger partial charge is 0.248 e. The lowest BCUT2D eigenvalue weighted by atomic mass is 10.0. The number of ether oxygens (including phenoxy) is 1. The molecule has 2 aliphatic rings. The number of halogens is 1. The van der Waals surface area contributed by atoms with Crippen LogP contribution < -0.4 is 5.32 Å². The highest BCUT2D eigenvalue weighted by atomic mass is 79.9. The summed E-state index contributed by atoms with van der Waals surface area (Å²) in [5.74, 6) is -0.119. The number of anilines is 1. The van der Waals surface area contributed by atoms with Crippen LogP contribution in [0.15, 0.2) is 53.5 Å². The summed E-state index contributed by atoms with van der Waals surface area (Å²) in [7, 11) is 1.59. The van der Waals surface area contributed by atoms with Gasteiger partial charge in [0.2, 0.25) is 11.8 Å². The van der Waals surface area contributed by atoms with Gasteiger partial charge in [-0.3, -0.25) is 14.4 Å². The van der Waals surface area contributed by atoms with Crippen LogP contribution in [0.3, 0.4) is 0 Å². The summed E-state index contributed by atoms with van der Waals surface area (Å²) in [6.07, 6.45) is 6.92. The van der Waals surface area contributed by atoms with E-state index in [0.29, 0.717) is 22.4 Å². The van der Waals surface area contributed by atoms with E-state index in [0.717, 1.165) is 50.9 Å². The lowest BCUT2D eigenvalue weighted by molar-refractivity contribution is -0.138. The molecule has 5 heterocycles. The summed E-state index contributed by atoms with van der Waals surface area (Å²) in [5, 5.41) is 8.22. The second-order valence-corrected chi connectivity index (χ2v) is 13.6. The van der Waals surface area contributed by atoms with E-state index in [9.17, 15) is 14.4 Å². The number of fused-ring (bicyclic) bond motifs is 3. The first kappa shape index (κ1) is 30.2. The van der Waals surface area contributed by atoms with E-state index in [2.05, 4.69) is 43.2 Å². The third kappa shape index (κ3) is 5.19. The molecule has 0 bridgehead atoms. The minimum atomic E-state index is -0.637. The van der Waals surface area contributed by atoms with Crippen LogP contribution in [0.5, 0.6) is 0 Å². The van der Waals surface area contributed by atoms with Crippen LogP contribution in [0.2, 0.25) is 0 Å². The molecule has 0 spiro atoms. The van der Waals surface area contributed by atoms with Crippen molar-refractivity contribution in [2.24, 2.45) is 5.41 Å². The van der Waals surface area contributed by atoms with E-state index in [-0.39, 0.29) is 42.2 Å². The molecule has 1 saturated carbocycles. The van der Waals surface area contributed by atoms with Crippen molar-refractivity contribution in [1.82, 2.24) is 29.0 Å². The Labute approximate surface area is 274 Å². The molecule has 1 N–H and O–H groups in total. The zero-order valence-corrected chi connectivity index (χ0v) is 27.9. The highest BCUT2D eigenvalue weighted by Crippen LogP contribution is 2.59. The number of pyridine rings is 1. The molecule has 5 aromatic rings. The van der Waals surface area contributed by atoms with Crippen LogP contribution >= 0.6 is 15.9 Å². The van der Waals surface area contributed by atoms with Crippen molar-refractivity contribution in [3.8, 4) is 11.1 Å². The SMILES string of the molecule is COCc1ccc(Br)nc1NC(=O)[C@@H]1C[C@@]2(C)C[C@H]2N1C(=O)Cn1cc(C(C)=O)c2cc(-c3cnc4cc(C)nn4c3)cc(C)c21. The molecule has 2 amide bonds. The van der Waals surface area contributed by atoms with Gasteiger partial charge < -0.3 is 19.5 Å². The number of nitrogens with one attached hydrogen (secondary N) is 1. The third-order valence-corrected chi connectivity index (χ3v) is 9.77. The Kier molecular flexibility index (Phi) is 7.32. The molecule has 12 heteroatoms.